The zero-order chi connectivity index (χ0) is 12.5. The van der Waals surface area contributed by atoms with Crippen LogP contribution >= 0.6 is 0 Å². The van der Waals surface area contributed by atoms with E-state index in [1.165, 1.54) is 11.9 Å². The van der Waals surface area contributed by atoms with Gasteiger partial charge >= 0.3 is 0 Å². The van der Waals surface area contributed by atoms with Gasteiger partial charge in [-0.15, -0.1) is 0 Å². The maximum Gasteiger partial charge on any atom is 0.171 e. The number of hydrogen-bond acceptors (Lipinski definition) is 4. The number of aryl methyl sites for hydroxylation is 1. The van der Waals surface area contributed by atoms with E-state index in [1.807, 2.05) is 41.8 Å². The topological polar surface area (TPSA) is 67.4 Å². The molecular formula is C13H9N5. The number of hydrogen-bond donors (Lipinski definition) is 0. The fraction of sp³-hybridized carbons (Fsp3) is 0.0769. The smallest absolute Gasteiger partial charge is 0.171 e. The Labute approximate surface area is 103 Å². The summed E-state index contributed by atoms with van der Waals surface area (Å²) in [4.78, 5) is 12.3. The number of nitriles is 1. The minimum absolute atomic E-state index is 0.297. The van der Waals surface area contributed by atoms with Crippen LogP contribution in [-0.2, 0) is 0 Å². The summed E-state index contributed by atoms with van der Waals surface area (Å²) in [6.45, 7) is 2.03. The molecule has 0 spiro atoms. The molecule has 0 saturated carbocycles. The lowest BCUT2D eigenvalue weighted by molar-refractivity contribution is 1.06. The average Bonchev–Trinajstić information content (AvgIpc) is 2.83. The highest BCUT2D eigenvalue weighted by molar-refractivity contribution is 5.77. The first-order valence-electron chi connectivity index (χ1n) is 5.45. The highest BCUT2D eigenvalue weighted by Crippen LogP contribution is 2.17. The van der Waals surface area contributed by atoms with Crippen LogP contribution in [0.25, 0.3) is 16.9 Å². The monoisotopic (exact) mass is 235 g/mol. The third-order valence-corrected chi connectivity index (χ3v) is 2.75. The second-order valence-electron chi connectivity index (χ2n) is 3.96. The van der Waals surface area contributed by atoms with Crippen molar-refractivity contribution in [3.05, 3.63) is 48.2 Å². The molecule has 0 radical (unpaired) electrons. The molecule has 0 aliphatic rings. The molecule has 0 aliphatic heterocycles. The summed E-state index contributed by atoms with van der Waals surface area (Å²) in [7, 11) is 0. The maximum atomic E-state index is 8.96. The quantitative estimate of drug-likeness (QED) is 0.647. The van der Waals surface area contributed by atoms with E-state index in [9.17, 15) is 0 Å². The Bertz CT molecular complexity index is 749. The number of aromatic nitrogens is 4. The second-order valence-corrected chi connectivity index (χ2v) is 3.96. The molecule has 0 saturated heterocycles. The molecule has 0 aliphatic carbocycles. The molecule has 5 nitrogen and oxygen atoms in total. The lowest BCUT2D eigenvalue weighted by Crippen LogP contribution is -1.95. The van der Waals surface area contributed by atoms with Crippen LogP contribution in [0.3, 0.4) is 0 Å². The Kier molecular flexibility index (Phi) is 2.27. The van der Waals surface area contributed by atoms with Crippen molar-refractivity contribution in [2.24, 2.45) is 0 Å². The largest absolute Gasteiger partial charge is 0.283 e. The number of nitrogens with zero attached hydrogens (tertiary/aromatic N) is 5. The van der Waals surface area contributed by atoms with Crippen LogP contribution in [0.5, 0.6) is 0 Å². The standard InChI is InChI=1S/C13H9N5/c1-9-2-4-10(5-3-9)18-8-17-12-11(6-14)15-7-16-13(12)18/h2-5,7-8H,1H3. The van der Waals surface area contributed by atoms with Gasteiger partial charge in [-0.25, -0.2) is 15.0 Å². The first kappa shape index (κ1) is 10.4. The summed E-state index contributed by atoms with van der Waals surface area (Å²) >= 11 is 0. The van der Waals surface area contributed by atoms with Gasteiger partial charge < -0.3 is 0 Å². The number of rotatable bonds is 1. The van der Waals surface area contributed by atoms with Crippen molar-refractivity contribution >= 4 is 11.2 Å². The molecule has 0 bridgehead atoms. The molecule has 86 valence electrons. The van der Waals surface area contributed by atoms with Gasteiger partial charge in [-0.2, -0.15) is 5.26 Å². The Balaban J connectivity index is 2.25. The van der Waals surface area contributed by atoms with Gasteiger partial charge in [0.05, 0.1) is 0 Å². The zero-order valence-corrected chi connectivity index (χ0v) is 9.70. The lowest BCUT2D eigenvalue weighted by Gasteiger charge is -2.03. The Morgan fingerprint density at radius 3 is 2.61 bits per heavy atom. The van der Waals surface area contributed by atoms with Crippen molar-refractivity contribution in [3.63, 3.8) is 0 Å². The normalized spacial score (nSPS) is 10.4. The lowest BCUT2D eigenvalue weighted by atomic mass is 10.2. The van der Waals surface area contributed by atoms with Crippen molar-refractivity contribution in [2.75, 3.05) is 0 Å². The Hall–Kier alpha value is -2.74. The van der Waals surface area contributed by atoms with Crippen molar-refractivity contribution < 1.29 is 0 Å². The summed E-state index contributed by atoms with van der Waals surface area (Å²) in [5.41, 5.74) is 3.62. The molecule has 5 heteroatoms. The third kappa shape index (κ3) is 1.52. The van der Waals surface area contributed by atoms with Crippen LogP contribution in [0.4, 0.5) is 0 Å². The van der Waals surface area contributed by atoms with E-state index >= 15 is 0 Å². The summed E-state index contributed by atoms with van der Waals surface area (Å²) < 4.78 is 1.84. The van der Waals surface area contributed by atoms with Crippen molar-refractivity contribution in [3.8, 4) is 11.8 Å². The van der Waals surface area contributed by atoms with Crippen LogP contribution in [0, 0.1) is 18.3 Å². The molecular weight excluding hydrogens is 226 g/mol. The van der Waals surface area contributed by atoms with Gasteiger partial charge in [-0.1, -0.05) is 17.7 Å². The van der Waals surface area contributed by atoms with E-state index in [0.717, 1.165) is 5.69 Å². The second kappa shape index (κ2) is 3.93. The van der Waals surface area contributed by atoms with Crippen molar-refractivity contribution in [1.82, 2.24) is 19.5 Å². The average molecular weight is 235 g/mol. The molecule has 0 unspecified atom stereocenters. The molecule has 3 aromatic rings. The molecule has 0 atom stereocenters. The fourth-order valence-electron chi connectivity index (χ4n) is 1.81. The summed E-state index contributed by atoms with van der Waals surface area (Å²) in [5.74, 6) is 0. The van der Waals surface area contributed by atoms with Crippen molar-refractivity contribution in [1.29, 1.82) is 5.26 Å². The van der Waals surface area contributed by atoms with Crippen LogP contribution in [-0.4, -0.2) is 19.5 Å². The van der Waals surface area contributed by atoms with Gasteiger partial charge in [0.25, 0.3) is 0 Å². The van der Waals surface area contributed by atoms with Gasteiger partial charge in [0.1, 0.15) is 24.2 Å². The zero-order valence-electron chi connectivity index (χ0n) is 9.70. The van der Waals surface area contributed by atoms with Gasteiger partial charge in [-0.05, 0) is 19.1 Å². The first-order valence-corrected chi connectivity index (χ1v) is 5.45. The number of benzene rings is 1. The molecule has 2 aromatic heterocycles. The fourth-order valence-corrected chi connectivity index (χ4v) is 1.81. The number of fused-ring (bicyclic) bond motifs is 1. The third-order valence-electron chi connectivity index (χ3n) is 2.75. The van der Waals surface area contributed by atoms with E-state index in [0.29, 0.717) is 16.9 Å². The van der Waals surface area contributed by atoms with E-state index in [2.05, 4.69) is 15.0 Å². The maximum absolute atomic E-state index is 8.96. The van der Waals surface area contributed by atoms with E-state index in [1.54, 1.807) is 6.33 Å². The first-order chi connectivity index (χ1) is 8.79. The summed E-state index contributed by atoms with van der Waals surface area (Å²) in [6.07, 6.45) is 3.04. The van der Waals surface area contributed by atoms with Crippen LogP contribution in [0.15, 0.2) is 36.9 Å². The summed E-state index contributed by atoms with van der Waals surface area (Å²) in [5, 5.41) is 8.96. The van der Waals surface area contributed by atoms with Crippen molar-refractivity contribution in [2.45, 2.75) is 6.92 Å². The van der Waals surface area contributed by atoms with Crippen LogP contribution in [0.2, 0.25) is 0 Å². The van der Waals surface area contributed by atoms with Gasteiger partial charge in [0.15, 0.2) is 11.3 Å². The Morgan fingerprint density at radius 2 is 1.89 bits per heavy atom. The molecule has 3 rings (SSSR count). The van der Waals surface area contributed by atoms with E-state index < -0.39 is 0 Å². The number of imidazole rings is 1. The highest BCUT2D eigenvalue weighted by atomic mass is 15.1. The minimum Gasteiger partial charge on any atom is -0.283 e. The van der Waals surface area contributed by atoms with Crippen LogP contribution in [0.1, 0.15) is 11.3 Å². The molecule has 2 heterocycles. The van der Waals surface area contributed by atoms with Gasteiger partial charge in [0.2, 0.25) is 0 Å². The predicted molar refractivity (Wildman–Crippen MR) is 66.1 cm³/mol. The predicted octanol–water partition coefficient (Wildman–Crippen LogP) is 2.00. The molecule has 0 fully saturated rings. The summed E-state index contributed by atoms with van der Waals surface area (Å²) in [6, 6.07) is 10.0. The van der Waals surface area contributed by atoms with E-state index in [4.69, 9.17) is 5.26 Å². The highest BCUT2D eigenvalue weighted by Gasteiger charge is 2.10. The van der Waals surface area contributed by atoms with Crippen LogP contribution < -0.4 is 0 Å². The van der Waals surface area contributed by atoms with E-state index in [-0.39, 0.29) is 0 Å². The molecule has 0 N–H and O–H groups in total. The molecule has 18 heavy (non-hydrogen) atoms. The minimum atomic E-state index is 0.297. The molecule has 1 aromatic carbocycles. The van der Waals surface area contributed by atoms with Gasteiger partial charge in [0, 0.05) is 5.69 Å². The van der Waals surface area contributed by atoms with Gasteiger partial charge in [-0.3, -0.25) is 4.57 Å². The Morgan fingerprint density at radius 1 is 1.11 bits per heavy atom. The SMILES string of the molecule is Cc1ccc(-n2cnc3c(C#N)ncnc32)cc1. The molecule has 0 amide bonds.